The molecule has 7 nitrogen and oxygen atoms in total. The Morgan fingerprint density at radius 1 is 1.22 bits per heavy atom. The van der Waals surface area contributed by atoms with Crippen LogP contribution in [0.2, 0.25) is 0 Å². The Hall–Kier alpha value is -2.15. The van der Waals surface area contributed by atoms with E-state index < -0.39 is 0 Å². The first-order valence-electron chi connectivity index (χ1n) is 8.28. The van der Waals surface area contributed by atoms with Crippen molar-refractivity contribution in [2.45, 2.75) is 18.8 Å². The van der Waals surface area contributed by atoms with Crippen LogP contribution in [-0.2, 0) is 0 Å². The van der Waals surface area contributed by atoms with Crippen molar-refractivity contribution in [3.05, 3.63) is 24.0 Å². The minimum Gasteiger partial charge on any atom is -0.339 e. The molecule has 0 aromatic carbocycles. The molecule has 1 spiro atoms. The third-order valence-electron chi connectivity index (χ3n) is 5.06. The molecule has 3 aliphatic rings. The third kappa shape index (κ3) is 2.35. The van der Waals surface area contributed by atoms with Gasteiger partial charge in [0.25, 0.3) is 0 Å². The Labute approximate surface area is 135 Å². The number of hydrogen-bond donors (Lipinski definition) is 2. The Morgan fingerprint density at radius 3 is 2.78 bits per heavy atom. The topological polar surface area (TPSA) is 73.0 Å². The number of aromatic amines is 1. The van der Waals surface area contributed by atoms with Gasteiger partial charge in [-0.05, 0) is 26.0 Å². The maximum absolute atomic E-state index is 4.64. The summed E-state index contributed by atoms with van der Waals surface area (Å²) in [6.07, 6.45) is 4.35. The molecular formula is C16H21N7. The molecule has 2 aromatic heterocycles. The smallest absolute Gasteiger partial charge is 0.227 e. The molecule has 0 unspecified atom stereocenters. The van der Waals surface area contributed by atoms with Gasteiger partial charge < -0.3 is 15.1 Å². The molecule has 1 saturated carbocycles. The Morgan fingerprint density at radius 2 is 2.04 bits per heavy atom. The van der Waals surface area contributed by atoms with E-state index >= 15 is 0 Å². The standard InChI is InChI=1S/C16H21N7/c1-22-7-16(8-22)9-23(10-16)15-17-5-4-13(19-15)18-14-6-12(20-21-14)11-2-3-11/h4-6,11H,2-3,7-10H2,1H3,(H2,17,18,19,20,21). The van der Waals surface area contributed by atoms with E-state index in [2.05, 4.69) is 48.4 Å². The van der Waals surface area contributed by atoms with Gasteiger partial charge in [0.05, 0.1) is 0 Å². The zero-order valence-corrected chi connectivity index (χ0v) is 13.3. The number of anilines is 3. The van der Waals surface area contributed by atoms with Gasteiger partial charge in [0.1, 0.15) is 5.82 Å². The van der Waals surface area contributed by atoms with E-state index in [0.29, 0.717) is 11.3 Å². The van der Waals surface area contributed by atoms with E-state index in [4.69, 9.17) is 0 Å². The highest BCUT2D eigenvalue weighted by molar-refractivity contribution is 5.54. The van der Waals surface area contributed by atoms with Gasteiger partial charge in [-0.2, -0.15) is 10.1 Å². The molecule has 120 valence electrons. The summed E-state index contributed by atoms with van der Waals surface area (Å²) in [6, 6.07) is 3.98. The lowest BCUT2D eigenvalue weighted by Crippen LogP contribution is -2.71. The quantitative estimate of drug-likeness (QED) is 0.893. The van der Waals surface area contributed by atoms with Crippen LogP contribution in [-0.4, -0.2) is 58.3 Å². The molecule has 0 bridgehead atoms. The molecule has 2 aliphatic heterocycles. The van der Waals surface area contributed by atoms with Crippen molar-refractivity contribution >= 4 is 17.6 Å². The molecule has 2 saturated heterocycles. The normalized spacial score (nSPS) is 22.7. The van der Waals surface area contributed by atoms with Crippen molar-refractivity contribution < 1.29 is 0 Å². The monoisotopic (exact) mass is 311 g/mol. The highest BCUT2D eigenvalue weighted by atomic mass is 15.4. The largest absolute Gasteiger partial charge is 0.339 e. The first kappa shape index (κ1) is 13.3. The van der Waals surface area contributed by atoms with E-state index in [9.17, 15) is 0 Å². The van der Waals surface area contributed by atoms with Crippen LogP contribution in [0, 0.1) is 5.41 Å². The molecule has 7 heteroatoms. The Kier molecular flexibility index (Phi) is 2.70. The van der Waals surface area contributed by atoms with Gasteiger partial charge in [0.2, 0.25) is 5.95 Å². The summed E-state index contributed by atoms with van der Waals surface area (Å²) in [4.78, 5) is 13.7. The van der Waals surface area contributed by atoms with E-state index in [-0.39, 0.29) is 0 Å². The maximum atomic E-state index is 4.64. The summed E-state index contributed by atoms with van der Waals surface area (Å²) in [5.41, 5.74) is 1.71. The summed E-state index contributed by atoms with van der Waals surface area (Å²) < 4.78 is 0. The number of hydrogen-bond acceptors (Lipinski definition) is 6. The lowest BCUT2D eigenvalue weighted by atomic mass is 9.73. The van der Waals surface area contributed by atoms with Crippen molar-refractivity contribution in [3.63, 3.8) is 0 Å². The number of nitrogens with zero attached hydrogens (tertiary/aromatic N) is 5. The molecule has 23 heavy (non-hydrogen) atoms. The molecule has 4 heterocycles. The van der Waals surface area contributed by atoms with E-state index in [1.807, 2.05) is 12.3 Å². The molecule has 0 radical (unpaired) electrons. The van der Waals surface area contributed by atoms with Crippen LogP contribution in [0.25, 0.3) is 0 Å². The zero-order valence-electron chi connectivity index (χ0n) is 13.3. The fraction of sp³-hybridized carbons (Fsp3) is 0.562. The first-order chi connectivity index (χ1) is 11.2. The Balaban J connectivity index is 1.26. The van der Waals surface area contributed by atoms with Gasteiger partial charge in [-0.15, -0.1) is 0 Å². The summed E-state index contributed by atoms with van der Waals surface area (Å²) >= 11 is 0. The second-order valence-electron chi connectivity index (χ2n) is 7.38. The first-order valence-corrected chi connectivity index (χ1v) is 8.28. The zero-order chi connectivity index (χ0) is 15.4. The summed E-state index contributed by atoms with van der Waals surface area (Å²) in [5, 5.41) is 10.7. The minimum absolute atomic E-state index is 0.489. The highest BCUT2D eigenvalue weighted by Crippen LogP contribution is 2.41. The lowest BCUT2D eigenvalue weighted by Gasteiger charge is -2.59. The number of likely N-dealkylation sites (tertiary alicyclic amines) is 1. The van der Waals surface area contributed by atoms with Gasteiger partial charge >= 0.3 is 0 Å². The molecule has 2 N–H and O–H groups in total. The van der Waals surface area contributed by atoms with Crippen LogP contribution in [0.3, 0.4) is 0 Å². The van der Waals surface area contributed by atoms with Crippen LogP contribution < -0.4 is 10.2 Å². The van der Waals surface area contributed by atoms with Crippen molar-refractivity contribution in [2.24, 2.45) is 5.41 Å². The second kappa shape index (κ2) is 4.67. The predicted molar refractivity (Wildman–Crippen MR) is 88.0 cm³/mol. The van der Waals surface area contributed by atoms with Crippen LogP contribution in [0.4, 0.5) is 17.6 Å². The molecule has 3 fully saturated rings. The summed E-state index contributed by atoms with van der Waals surface area (Å²) in [5.74, 6) is 3.12. The third-order valence-corrected chi connectivity index (χ3v) is 5.06. The predicted octanol–water partition coefficient (Wildman–Crippen LogP) is 1.57. The average molecular weight is 311 g/mol. The Bertz CT molecular complexity index is 722. The lowest BCUT2D eigenvalue weighted by molar-refractivity contribution is -0.00322. The number of H-pyrrole nitrogens is 1. The minimum atomic E-state index is 0.489. The molecule has 0 amide bonds. The van der Waals surface area contributed by atoms with E-state index in [1.54, 1.807) is 0 Å². The molecular weight excluding hydrogens is 290 g/mol. The fourth-order valence-corrected chi connectivity index (χ4v) is 3.91. The SMILES string of the molecule is CN1CC2(C1)CN(c1nccc(Nc3cc(C4CC4)[nH]n3)n1)C2. The van der Waals surface area contributed by atoms with E-state index in [1.165, 1.54) is 31.6 Å². The highest BCUT2D eigenvalue weighted by Gasteiger charge is 2.51. The average Bonchev–Trinajstić information content (AvgIpc) is 3.22. The van der Waals surface area contributed by atoms with Crippen molar-refractivity contribution in [1.82, 2.24) is 25.1 Å². The van der Waals surface area contributed by atoms with Gasteiger partial charge in [-0.1, -0.05) is 0 Å². The van der Waals surface area contributed by atoms with E-state index in [0.717, 1.165) is 30.7 Å². The van der Waals surface area contributed by atoms with Gasteiger partial charge in [0.15, 0.2) is 5.82 Å². The molecule has 1 aliphatic carbocycles. The van der Waals surface area contributed by atoms with Crippen molar-refractivity contribution in [2.75, 3.05) is 43.4 Å². The van der Waals surface area contributed by atoms with Crippen molar-refractivity contribution in [3.8, 4) is 0 Å². The van der Waals surface area contributed by atoms with Crippen LogP contribution in [0.1, 0.15) is 24.5 Å². The summed E-state index contributed by atoms with van der Waals surface area (Å²) in [7, 11) is 2.18. The number of rotatable bonds is 4. The molecule has 5 rings (SSSR count). The maximum Gasteiger partial charge on any atom is 0.227 e. The van der Waals surface area contributed by atoms with Crippen molar-refractivity contribution in [1.29, 1.82) is 0 Å². The van der Waals surface area contributed by atoms with Gasteiger partial charge in [0, 0.05) is 55.5 Å². The molecule has 2 aromatic rings. The van der Waals surface area contributed by atoms with Gasteiger partial charge in [-0.3, -0.25) is 5.10 Å². The summed E-state index contributed by atoms with van der Waals surface area (Å²) in [6.45, 7) is 4.52. The van der Waals surface area contributed by atoms with Gasteiger partial charge in [-0.25, -0.2) is 4.98 Å². The van der Waals surface area contributed by atoms with Crippen LogP contribution in [0.15, 0.2) is 18.3 Å². The van der Waals surface area contributed by atoms with Crippen LogP contribution >= 0.6 is 0 Å². The molecule has 0 atom stereocenters. The van der Waals surface area contributed by atoms with Crippen LogP contribution in [0.5, 0.6) is 0 Å². The second-order valence-corrected chi connectivity index (χ2v) is 7.38. The number of aromatic nitrogens is 4. The number of nitrogens with one attached hydrogen (secondary N) is 2. The fourth-order valence-electron chi connectivity index (χ4n) is 3.91.